The normalized spacial score (nSPS) is 17.0. The first-order chi connectivity index (χ1) is 14.8. The van der Waals surface area contributed by atoms with Crippen LogP contribution in [0, 0.1) is 5.92 Å². The first-order valence-electron chi connectivity index (χ1n) is 10.3. The second-order valence-corrected chi connectivity index (χ2v) is 8.66. The number of nitrogens with one attached hydrogen (secondary N) is 1. The molecule has 6 nitrogen and oxygen atoms in total. The summed E-state index contributed by atoms with van der Waals surface area (Å²) in [5.74, 6) is -0.0726. The molecule has 10 heteroatoms. The zero-order valence-electron chi connectivity index (χ0n) is 16.8. The first kappa shape index (κ1) is 21.6. The van der Waals surface area contributed by atoms with E-state index in [9.17, 15) is 22.8 Å². The highest BCUT2D eigenvalue weighted by atomic mass is 32.1. The molecule has 2 aliphatic rings. The Morgan fingerprint density at radius 3 is 2.52 bits per heavy atom. The predicted molar refractivity (Wildman–Crippen MR) is 111 cm³/mol. The van der Waals surface area contributed by atoms with Crippen LogP contribution in [0.4, 0.5) is 18.3 Å². The number of halogens is 3. The molecule has 2 fully saturated rings. The number of thiazole rings is 1. The van der Waals surface area contributed by atoms with Crippen LogP contribution in [-0.2, 0) is 6.18 Å². The number of amides is 2. The molecule has 4 rings (SSSR count). The number of aromatic nitrogens is 1. The number of benzene rings is 1. The van der Waals surface area contributed by atoms with Crippen molar-refractivity contribution < 1.29 is 22.8 Å². The van der Waals surface area contributed by atoms with E-state index in [1.165, 1.54) is 47.3 Å². The molecule has 0 radical (unpaired) electrons. The number of carbonyl (C=O) groups is 2. The lowest BCUT2D eigenvalue weighted by molar-refractivity contribution is -0.138. The smallest absolute Gasteiger partial charge is 0.351 e. The minimum Gasteiger partial charge on any atom is -0.351 e. The van der Waals surface area contributed by atoms with Crippen molar-refractivity contribution in [2.75, 3.05) is 37.6 Å². The first-order valence-corrected chi connectivity index (χ1v) is 11.1. The summed E-state index contributed by atoms with van der Waals surface area (Å²) in [6, 6.07) is 4.86. The summed E-state index contributed by atoms with van der Waals surface area (Å²) in [7, 11) is 0. The average Bonchev–Trinajstić information content (AvgIpc) is 3.45. The maximum atomic E-state index is 13.2. The standard InChI is InChI=1S/C21H23F3N4O2S/c22-21(23,24)16-4-2-1-3-15(16)19(30)27-9-11-28(12-10-27)20-26-17(13-31-20)18(29)25-8-7-14-5-6-14/h1-4,13-14H,5-12H2,(H,25,29). The van der Waals surface area contributed by atoms with Crippen molar-refractivity contribution in [2.24, 2.45) is 5.92 Å². The Morgan fingerprint density at radius 1 is 1.13 bits per heavy atom. The molecular weight excluding hydrogens is 429 g/mol. The molecule has 0 unspecified atom stereocenters. The summed E-state index contributed by atoms with van der Waals surface area (Å²) in [6.45, 7) is 2.10. The number of hydrogen-bond acceptors (Lipinski definition) is 5. The van der Waals surface area contributed by atoms with Crippen LogP contribution in [0.5, 0.6) is 0 Å². The third-order valence-electron chi connectivity index (χ3n) is 5.56. The molecular formula is C21H23F3N4O2S. The second kappa shape index (κ2) is 8.86. The predicted octanol–water partition coefficient (Wildman–Crippen LogP) is 3.65. The molecule has 1 aliphatic heterocycles. The van der Waals surface area contributed by atoms with Crippen LogP contribution in [0.15, 0.2) is 29.6 Å². The zero-order chi connectivity index (χ0) is 22.0. The van der Waals surface area contributed by atoms with Gasteiger partial charge in [-0.3, -0.25) is 9.59 Å². The van der Waals surface area contributed by atoms with Crippen molar-refractivity contribution in [1.82, 2.24) is 15.2 Å². The summed E-state index contributed by atoms with van der Waals surface area (Å²) < 4.78 is 39.7. The second-order valence-electron chi connectivity index (χ2n) is 7.83. The Morgan fingerprint density at radius 2 is 1.84 bits per heavy atom. The maximum Gasteiger partial charge on any atom is 0.417 e. The van der Waals surface area contributed by atoms with Crippen molar-refractivity contribution in [1.29, 1.82) is 0 Å². The number of hydrogen-bond donors (Lipinski definition) is 1. The molecule has 1 aromatic heterocycles. The van der Waals surface area contributed by atoms with Crippen molar-refractivity contribution >= 4 is 28.3 Å². The number of nitrogens with zero attached hydrogens (tertiary/aromatic N) is 3. The minimum absolute atomic E-state index is 0.194. The molecule has 31 heavy (non-hydrogen) atoms. The number of piperazine rings is 1. The van der Waals surface area contributed by atoms with Gasteiger partial charge in [0, 0.05) is 38.1 Å². The third-order valence-corrected chi connectivity index (χ3v) is 6.46. The van der Waals surface area contributed by atoms with Gasteiger partial charge in [0.2, 0.25) is 0 Å². The largest absolute Gasteiger partial charge is 0.417 e. The fourth-order valence-electron chi connectivity index (χ4n) is 3.59. The maximum absolute atomic E-state index is 13.2. The van der Waals surface area contributed by atoms with Crippen LogP contribution in [0.25, 0.3) is 0 Å². The van der Waals surface area contributed by atoms with Crippen LogP contribution in [0.2, 0.25) is 0 Å². The molecule has 0 bridgehead atoms. The quantitative estimate of drug-likeness (QED) is 0.727. The Bertz CT molecular complexity index is 950. The lowest BCUT2D eigenvalue weighted by Gasteiger charge is -2.35. The summed E-state index contributed by atoms with van der Waals surface area (Å²) in [5.41, 5.74) is -0.879. The monoisotopic (exact) mass is 452 g/mol. The van der Waals surface area contributed by atoms with Crippen molar-refractivity contribution in [3.8, 4) is 0 Å². The van der Waals surface area contributed by atoms with Gasteiger partial charge in [-0.2, -0.15) is 13.2 Å². The van der Waals surface area contributed by atoms with E-state index in [1.54, 1.807) is 5.38 Å². The van der Waals surface area contributed by atoms with Crippen LogP contribution in [0.3, 0.4) is 0 Å². The lowest BCUT2D eigenvalue weighted by Crippen LogP contribution is -2.49. The molecule has 2 heterocycles. The van der Waals surface area contributed by atoms with Gasteiger partial charge in [-0.25, -0.2) is 4.98 Å². The van der Waals surface area contributed by atoms with Gasteiger partial charge in [0.15, 0.2) is 5.13 Å². The minimum atomic E-state index is -4.58. The van der Waals surface area contributed by atoms with Crippen LogP contribution in [0.1, 0.15) is 45.7 Å². The summed E-state index contributed by atoms with van der Waals surface area (Å²) >= 11 is 1.35. The number of alkyl halides is 3. The van der Waals surface area contributed by atoms with E-state index < -0.39 is 17.6 Å². The van der Waals surface area contributed by atoms with Gasteiger partial charge in [0.05, 0.1) is 11.1 Å². The highest BCUT2D eigenvalue weighted by molar-refractivity contribution is 7.13. The van der Waals surface area contributed by atoms with E-state index in [0.29, 0.717) is 30.5 Å². The topological polar surface area (TPSA) is 65.5 Å². The summed E-state index contributed by atoms with van der Waals surface area (Å²) in [4.78, 5) is 32.7. The number of anilines is 1. The zero-order valence-corrected chi connectivity index (χ0v) is 17.6. The Balaban J connectivity index is 1.33. The SMILES string of the molecule is O=C(NCCC1CC1)c1csc(N2CCN(C(=O)c3ccccc3C(F)(F)F)CC2)n1. The number of carbonyl (C=O) groups excluding carboxylic acids is 2. The van der Waals surface area contributed by atoms with E-state index in [-0.39, 0.29) is 24.6 Å². The van der Waals surface area contributed by atoms with E-state index in [1.807, 2.05) is 4.90 Å². The van der Waals surface area contributed by atoms with E-state index in [4.69, 9.17) is 0 Å². The van der Waals surface area contributed by atoms with Gasteiger partial charge in [-0.1, -0.05) is 25.0 Å². The van der Waals surface area contributed by atoms with E-state index >= 15 is 0 Å². The van der Waals surface area contributed by atoms with Crippen LogP contribution in [-0.4, -0.2) is 54.4 Å². The number of rotatable bonds is 6. The van der Waals surface area contributed by atoms with Gasteiger partial charge < -0.3 is 15.1 Å². The van der Waals surface area contributed by atoms with Crippen LogP contribution < -0.4 is 10.2 Å². The van der Waals surface area contributed by atoms with Crippen molar-refractivity contribution in [2.45, 2.75) is 25.4 Å². The lowest BCUT2D eigenvalue weighted by atomic mass is 10.1. The van der Waals surface area contributed by atoms with Gasteiger partial charge in [-0.05, 0) is 24.5 Å². The Labute approximate surface area is 182 Å². The van der Waals surface area contributed by atoms with Crippen LogP contribution >= 0.6 is 11.3 Å². The molecule has 1 aromatic carbocycles. The molecule has 166 valence electrons. The highest BCUT2D eigenvalue weighted by Crippen LogP contribution is 2.33. The highest BCUT2D eigenvalue weighted by Gasteiger charge is 2.36. The molecule has 1 saturated heterocycles. The van der Waals surface area contributed by atoms with Gasteiger partial charge >= 0.3 is 6.18 Å². The summed E-state index contributed by atoms with van der Waals surface area (Å²) in [6.07, 6.45) is -1.10. The van der Waals surface area contributed by atoms with Gasteiger partial charge in [0.1, 0.15) is 5.69 Å². The fourth-order valence-corrected chi connectivity index (χ4v) is 4.45. The summed E-state index contributed by atoms with van der Waals surface area (Å²) in [5, 5.41) is 5.27. The fraction of sp³-hybridized carbons (Fsp3) is 0.476. The molecule has 2 aromatic rings. The van der Waals surface area contributed by atoms with Crippen molar-refractivity contribution in [3.63, 3.8) is 0 Å². The van der Waals surface area contributed by atoms with E-state index in [0.717, 1.165) is 18.4 Å². The molecule has 0 atom stereocenters. The van der Waals surface area contributed by atoms with E-state index in [2.05, 4.69) is 10.3 Å². The van der Waals surface area contributed by atoms with Gasteiger partial charge in [-0.15, -0.1) is 11.3 Å². The van der Waals surface area contributed by atoms with Gasteiger partial charge in [0.25, 0.3) is 11.8 Å². The van der Waals surface area contributed by atoms with Crippen molar-refractivity contribution in [3.05, 3.63) is 46.5 Å². The molecule has 1 saturated carbocycles. The molecule has 2 amide bonds. The Hall–Kier alpha value is -2.62. The third kappa shape index (κ3) is 5.17. The Kier molecular flexibility index (Phi) is 6.17. The molecule has 1 aliphatic carbocycles. The molecule has 0 spiro atoms. The average molecular weight is 453 g/mol. The molecule has 1 N–H and O–H groups in total.